The maximum absolute atomic E-state index is 11.8. The van der Waals surface area contributed by atoms with Crippen LogP contribution in [-0.2, 0) is 16.0 Å². The van der Waals surface area contributed by atoms with E-state index in [1.165, 1.54) is 7.11 Å². The minimum absolute atomic E-state index is 0.397. The molecule has 0 spiro atoms. The molecular formula is C14H22N2O3. The van der Waals surface area contributed by atoms with Gasteiger partial charge in [-0.2, -0.15) is 0 Å². The molecule has 0 bridgehead atoms. The number of carbonyl (C=O) groups excluding carboxylic acids is 1. The van der Waals surface area contributed by atoms with Gasteiger partial charge in [0.25, 0.3) is 0 Å². The van der Waals surface area contributed by atoms with Gasteiger partial charge < -0.3 is 15.2 Å². The van der Waals surface area contributed by atoms with E-state index in [1.54, 1.807) is 6.07 Å². The van der Waals surface area contributed by atoms with Crippen LogP contribution < -0.4 is 5.73 Å². The second-order valence-electron chi connectivity index (χ2n) is 4.31. The number of carbonyl (C=O) groups is 1. The molecule has 0 fully saturated rings. The summed E-state index contributed by atoms with van der Waals surface area (Å²) in [6.07, 6.45) is 0. The number of anilines is 1. The van der Waals surface area contributed by atoms with Crippen LogP contribution in [0.3, 0.4) is 0 Å². The lowest BCUT2D eigenvalue weighted by Crippen LogP contribution is -2.24. The highest BCUT2D eigenvalue weighted by Crippen LogP contribution is 2.19. The van der Waals surface area contributed by atoms with Gasteiger partial charge in [0.05, 0.1) is 19.3 Å². The average Bonchev–Trinajstić information content (AvgIpc) is 2.38. The fraction of sp³-hybridized carbons (Fsp3) is 0.500. The van der Waals surface area contributed by atoms with Crippen LogP contribution in [0.1, 0.15) is 22.8 Å². The summed E-state index contributed by atoms with van der Waals surface area (Å²) >= 11 is 0. The number of rotatable bonds is 7. The molecule has 1 aromatic carbocycles. The molecule has 5 heteroatoms. The van der Waals surface area contributed by atoms with E-state index in [4.69, 9.17) is 15.2 Å². The first-order valence-electron chi connectivity index (χ1n) is 6.32. The van der Waals surface area contributed by atoms with E-state index in [1.807, 2.05) is 26.1 Å². The fourth-order valence-corrected chi connectivity index (χ4v) is 1.84. The van der Waals surface area contributed by atoms with Crippen LogP contribution >= 0.6 is 0 Å². The van der Waals surface area contributed by atoms with Crippen molar-refractivity contribution in [2.24, 2.45) is 0 Å². The van der Waals surface area contributed by atoms with Gasteiger partial charge in [-0.3, -0.25) is 4.90 Å². The molecule has 1 rings (SSSR count). The van der Waals surface area contributed by atoms with Crippen LogP contribution in [0.2, 0.25) is 0 Å². The lowest BCUT2D eigenvalue weighted by atomic mass is 10.1. The number of nitrogens with zero attached hydrogens (tertiary/aromatic N) is 1. The van der Waals surface area contributed by atoms with E-state index >= 15 is 0 Å². The second kappa shape index (κ2) is 7.76. The Balaban J connectivity index is 2.77. The molecular weight excluding hydrogens is 244 g/mol. The predicted molar refractivity (Wildman–Crippen MR) is 75.0 cm³/mol. The van der Waals surface area contributed by atoms with E-state index in [2.05, 4.69) is 4.90 Å². The van der Waals surface area contributed by atoms with Gasteiger partial charge in [0.2, 0.25) is 0 Å². The summed E-state index contributed by atoms with van der Waals surface area (Å²) in [4.78, 5) is 13.8. The number of likely N-dealkylation sites (N-methyl/N-ethyl adjacent to an activating group) is 1. The maximum Gasteiger partial charge on any atom is 0.340 e. The topological polar surface area (TPSA) is 64.8 Å². The van der Waals surface area contributed by atoms with Gasteiger partial charge in [0, 0.05) is 25.4 Å². The summed E-state index contributed by atoms with van der Waals surface area (Å²) in [7, 11) is 3.33. The molecule has 1 aromatic rings. The van der Waals surface area contributed by atoms with Crippen molar-refractivity contribution in [3.8, 4) is 0 Å². The van der Waals surface area contributed by atoms with Crippen molar-refractivity contribution in [3.05, 3.63) is 29.3 Å². The normalized spacial score (nSPS) is 10.7. The molecule has 0 aliphatic rings. The number of nitrogen functional groups attached to an aromatic ring is 1. The van der Waals surface area contributed by atoms with Crippen LogP contribution in [0.25, 0.3) is 0 Å². The molecule has 2 N–H and O–H groups in total. The van der Waals surface area contributed by atoms with Gasteiger partial charge in [0.1, 0.15) is 0 Å². The van der Waals surface area contributed by atoms with E-state index in [0.29, 0.717) is 31.0 Å². The van der Waals surface area contributed by atoms with Gasteiger partial charge in [-0.15, -0.1) is 0 Å². The van der Waals surface area contributed by atoms with Gasteiger partial charge in [0.15, 0.2) is 0 Å². The number of methoxy groups -OCH3 is 1. The predicted octanol–water partition coefficient (Wildman–Crippen LogP) is 1.52. The lowest BCUT2D eigenvalue weighted by molar-refractivity contribution is 0.0599. The molecule has 0 aliphatic carbocycles. The third kappa shape index (κ3) is 4.54. The highest BCUT2D eigenvalue weighted by molar-refractivity contribution is 5.96. The van der Waals surface area contributed by atoms with Crippen molar-refractivity contribution >= 4 is 11.7 Å². The molecule has 19 heavy (non-hydrogen) atoms. The molecule has 106 valence electrons. The second-order valence-corrected chi connectivity index (χ2v) is 4.31. The Hall–Kier alpha value is -1.59. The number of hydrogen-bond donors (Lipinski definition) is 1. The number of benzene rings is 1. The molecule has 0 heterocycles. The number of nitrogens with two attached hydrogens (primary N) is 1. The third-order valence-corrected chi connectivity index (χ3v) is 2.83. The monoisotopic (exact) mass is 266 g/mol. The molecule has 0 amide bonds. The zero-order valence-electron chi connectivity index (χ0n) is 11.8. The smallest absolute Gasteiger partial charge is 0.340 e. The molecule has 0 aromatic heterocycles. The molecule has 0 aliphatic heterocycles. The van der Waals surface area contributed by atoms with Crippen LogP contribution in [0.15, 0.2) is 18.2 Å². The molecule has 0 saturated heterocycles. The van der Waals surface area contributed by atoms with E-state index < -0.39 is 5.97 Å². The first-order chi connectivity index (χ1) is 9.10. The Kier molecular flexibility index (Phi) is 6.32. The van der Waals surface area contributed by atoms with Crippen molar-refractivity contribution in [1.29, 1.82) is 0 Å². The Morgan fingerprint density at radius 1 is 1.42 bits per heavy atom. The zero-order valence-corrected chi connectivity index (χ0v) is 11.8. The molecule has 0 atom stereocenters. The number of esters is 1. The Labute approximate surface area is 114 Å². The summed E-state index contributed by atoms with van der Waals surface area (Å²) in [5.41, 5.74) is 7.62. The highest BCUT2D eigenvalue weighted by atomic mass is 16.5. The van der Waals surface area contributed by atoms with Crippen molar-refractivity contribution in [2.75, 3.05) is 39.6 Å². The molecule has 5 nitrogen and oxygen atoms in total. The minimum atomic E-state index is -0.397. The lowest BCUT2D eigenvalue weighted by Gasteiger charge is -2.18. The molecule has 0 saturated carbocycles. The van der Waals surface area contributed by atoms with Crippen LogP contribution in [0.4, 0.5) is 5.69 Å². The zero-order chi connectivity index (χ0) is 14.3. The standard InChI is InChI=1S/C14H22N2O3/c1-4-19-9-8-16(2)10-11-6-5-7-12(15)13(11)14(17)18-3/h5-7H,4,8-10,15H2,1-3H3. The summed E-state index contributed by atoms with van der Waals surface area (Å²) in [6.45, 7) is 4.77. The largest absolute Gasteiger partial charge is 0.465 e. The van der Waals surface area contributed by atoms with Gasteiger partial charge in [-0.1, -0.05) is 12.1 Å². The van der Waals surface area contributed by atoms with Crippen molar-refractivity contribution in [1.82, 2.24) is 4.90 Å². The quantitative estimate of drug-likeness (QED) is 0.460. The first-order valence-corrected chi connectivity index (χ1v) is 6.32. The van der Waals surface area contributed by atoms with Crippen LogP contribution in [0, 0.1) is 0 Å². The average molecular weight is 266 g/mol. The van der Waals surface area contributed by atoms with Gasteiger partial charge in [-0.25, -0.2) is 4.79 Å². The van der Waals surface area contributed by atoms with E-state index in [-0.39, 0.29) is 0 Å². The van der Waals surface area contributed by atoms with E-state index in [9.17, 15) is 4.79 Å². The van der Waals surface area contributed by atoms with Crippen LogP contribution in [0.5, 0.6) is 0 Å². The first kappa shape index (κ1) is 15.5. The maximum atomic E-state index is 11.8. The van der Waals surface area contributed by atoms with Crippen molar-refractivity contribution in [2.45, 2.75) is 13.5 Å². The summed E-state index contributed by atoms with van der Waals surface area (Å²) in [5.74, 6) is -0.397. The van der Waals surface area contributed by atoms with E-state index in [0.717, 1.165) is 12.1 Å². The van der Waals surface area contributed by atoms with Crippen molar-refractivity contribution < 1.29 is 14.3 Å². The minimum Gasteiger partial charge on any atom is -0.465 e. The fourth-order valence-electron chi connectivity index (χ4n) is 1.84. The highest BCUT2D eigenvalue weighted by Gasteiger charge is 2.16. The number of hydrogen-bond acceptors (Lipinski definition) is 5. The Bertz CT molecular complexity index is 421. The Morgan fingerprint density at radius 2 is 2.16 bits per heavy atom. The number of ether oxygens (including phenoxy) is 2. The summed E-state index contributed by atoms with van der Waals surface area (Å²) < 4.78 is 10.1. The summed E-state index contributed by atoms with van der Waals surface area (Å²) in [6, 6.07) is 5.43. The SMILES string of the molecule is CCOCCN(C)Cc1cccc(N)c1C(=O)OC. The summed E-state index contributed by atoms with van der Waals surface area (Å²) in [5, 5.41) is 0. The van der Waals surface area contributed by atoms with Crippen LogP contribution in [-0.4, -0.2) is 44.8 Å². The van der Waals surface area contributed by atoms with Gasteiger partial charge >= 0.3 is 5.97 Å². The van der Waals surface area contributed by atoms with Crippen molar-refractivity contribution in [3.63, 3.8) is 0 Å². The molecule has 0 radical (unpaired) electrons. The Morgan fingerprint density at radius 3 is 2.79 bits per heavy atom. The molecule has 0 unspecified atom stereocenters. The van der Waals surface area contributed by atoms with Gasteiger partial charge in [-0.05, 0) is 25.6 Å². The third-order valence-electron chi connectivity index (χ3n) is 2.83.